The van der Waals surface area contributed by atoms with Crippen LogP contribution in [0.2, 0.25) is 7.25 Å². The smallest absolute Gasteiger partial charge is 1.00 e. The Kier molecular flexibility index (Phi) is 13.4. The molecule has 0 radical (unpaired) electrons. The number of rotatable bonds is 6. The van der Waals surface area contributed by atoms with Crippen molar-refractivity contribution >= 4 is 12.2 Å². The summed E-state index contributed by atoms with van der Waals surface area (Å²) in [5.41, 5.74) is 22.7. The van der Waals surface area contributed by atoms with Crippen molar-refractivity contribution in [1.82, 2.24) is 0 Å². The van der Waals surface area contributed by atoms with E-state index in [4.69, 9.17) is 0 Å². The summed E-state index contributed by atoms with van der Waals surface area (Å²) in [7, 11) is 0. The molecule has 346 valence electrons. The van der Waals surface area contributed by atoms with Gasteiger partial charge in [0, 0.05) is 0 Å². The number of benzene rings is 4. The molecule has 5 aliphatic carbocycles. The molecule has 0 spiro atoms. The van der Waals surface area contributed by atoms with Crippen LogP contribution in [0.1, 0.15) is 212 Å². The van der Waals surface area contributed by atoms with E-state index in [0.29, 0.717) is 7.25 Å². The summed E-state index contributed by atoms with van der Waals surface area (Å²) in [5, 5.41) is 0. The van der Waals surface area contributed by atoms with E-state index < -0.39 is 20.3 Å². The van der Waals surface area contributed by atoms with Gasteiger partial charge in [-0.25, -0.2) is 0 Å². The molecule has 4 fully saturated rings. The van der Waals surface area contributed by atoms with Crippen molar-refractivity contribution in [2.75, 3.05) is 0 Å². The Morgan fingerprint density at radius 3 is 1.02 bits per heavy atom. The first kappa shape index (κ1) is 49.3. The van der Waals surface area contributed by atoms with Gasteiger partial charge in [-0.15, -0.1) is 0 Å². The fraction of sp³-hybridized carbons (Fsp3) is 0.548. The average molecular weight is 987 g/mol. The fourth-order valence-corrected chi connectivity index (χ4v) is 37.5. The van der Waals surface area contributed by atoms with Gasteiger partial charge in [-0.1, -0.05) is 0 Å². The standard InChI is InChI=1S/2C28H35.C6H10.2ClH.Zr/c2*1-27(2,3)23-15-22(16-24(18-23)28(4,5)6)25-13-9-12-20-14-21(17-26(20)25)19-10-7-8-11-19;1-2-4-6-5-3-1;;;/h2*9,12-19H,7-8,10-11H2,1-6H3;1-2H,3-6H2;2*1H;/q;;;;;+2/p-2. The summed E-state index contributed by atoms with van der Waals surface area (Å²) in [5.74, 6) is 1.50. The Morgan fingerprint density at radius 1 is 0.400 bits per heavy atom. The van der Waals surface area contributed by atoms with Gasteiger partial charge in [0.1, 0.15) is 0 Å². The summed E-state index contributed by atoms with van der Waals surface area (Å²) >= 11 is -3.28. The SMILES string of the molecule is CC(C)(C)c1cc(-c2cccc3c2C=C(C2CCCC2)[CH]3[Zr+2]2([CH]3C(C4CCCC4)=Cc4c(-c5cc(C(C)(C)C)cc(C(C)(C)C)c5)cccc43)[CH]3CCCC[CH]32)cc(C(C)(C)C)c1.[Cl-].[Cl-]. The average Bonchev–Trinajstić information content (AvgIpc) is 3.90. The Balaban J connectivity index is 0.00000288. The minimum atomic E-state index is -3.28. The maximum Gasteiger partial charge on any atom is -1.00 e. The summed E-state index contributed by atoms with van der Waals surface area (Å²) < 4.78 is 3.38. The summed E-state index contributed by atoms with van der Waals surface area (Å²) in [6.07, 6.45) is 22.9. The van der Waals surface area contributed by atoms with Gasteiger partial charge >= 0.3 is 391 Å². The van der Waals surface area contributed by atoms with E-state index in [9.17, 15) is 0 Å². The third kappa shape index (κ3) is 8.55. The first-order chi connectivity index (χ1) is 29.8. The first-order valence-corrected chi connectivity index (χ1v) is 31.5. The van der Waals surface area contributed by atoms with Gasteiger partial charge in [0.05, 0.1) is 0 Å². The molecule has 0 nitrogen and oxygen atoms in total. The minimum Gasteiger partial charge on any atom is -1.00 e. The maximum absolute atomic E-state index is 3.28. The van der Waals surface area contributed by atoms with Crippen molar-refractivity contribution in [2.45, 2.75) is 196 Å². The van der Waals surface area contributed by atoms with Crippen LogP contribution >= 0.6 is 0 Å². The molecule has 4 atom stereocenters. The van der Waals surface area contributed by atoms with Crippen molar-refractivity contribution in [3.05, 3.63) is 128 Å². The van der Waals surface area contributed by atoms with Crippen molar-refractivity contribution in [3.8, 4) is 22.3 Å². The molecule has 3 saturated carbocycles. The van der Waals surface area contributed by atoms with Crippen LogP contribution in [-0.4, -0.2) is 0 Å². The summed E-state index contributed by atoms with van der Waals surface area (Å²) in [6, 6.07) is 30.7. The Hall–Kier alpha value is -2.18. The molecule has 4 aromatic rings. The van der Waals surface area contributed by atoms with Gasteiger partial charge in [0.2, 0.25) is 0 Å². The van der Waals surface area contributed by atoms with Crippen molar-refractivity contribution in [3.63, 3.8) is 0 Å². The second-order valence-corrected chi connectivity index (χ2v) is 37.2. The molecule has 1 heterocycles. The minimum absolute atomic E-state index is 0. The maximum atomic E-state index is 2.88. The molecule has 3 heteroatoms. The molecule has 10 rings (SSSR count). The quantitative estimate of drug-likeness (QED) is 0.181. The Labute approximate surface area is 413 Å². The van der Waals surface area contributed by atoms with Gasteiger partial charge < -0.3 is 24.8 Å². The topological polar surface area (TPSA) is 0 Å². The van der Waals surface area contributed by atoms with Gasteiger partial charge in [-0.2, -0.15) is 0 Å². The molecule has 0 amide bonds. The summed E-state index contributed by atoms with van der Waals surface area (Å²) in [4.78, 5) is 0. The van der Waals surface area contributed by atoms with E-state index >= 15 is 0 Å². The molecule has 4 unspecified atom stereocenters. The van der Waals surface area contributed by atoms with Crippen molar-refractivity contribution in [2.24, 2.45) is 11.8 Å². The van der Waals surface area contributed by atoms with E-state index in [0.717, 1.165) is 19.1 Å². The Bertz CT molecular complexity index is 2250. The number of hydrogen-bond acceptors (Lipinski definition) is 0. The third-order valence-electron chi connectivity index (χ3n) is 17.7. The van der Waals surface area contributed by atoms with Crippen LogP contribution in [0.25, 0.3) is 34.4 Å². The zero-order valence-corrected chi connectivity index (χ0v) is 46.3. The van der Waals surface area contributed by atoms with E-state index in [1.807, 2.05) is 11.1 Å². The van der Waals surface area contributed by atoms with Crippen LogP contribution in [0.3, 0.4) is 0 Å². The van der Waals surface area contributed by atoms with E-state index in [-0.39, 0.29) is 46.5 Å². The van der Waals surface area contributed by atoms with Crippen LogP contribution < -0.4 is 24.8 Å². The van der Waals surface area contributed by atoms with Crippen molar-refractivity contribution < 1.29 is 45.1 Å². The molecule has 6 aliphatic rings. The van der Waals surface area contributed by atoms with Crippen LogP contribution in [0.4, 0.5) is 0 Å². The molecule has 0 bridgehead atoms. The normalized spacial score (nSPS) is 24.6. The predicted molar refractivity (Wildman–Crippen MR) is 270 cm³/mol. The number of fused-ring (bicyclic) bond motifs is 3. The number of halogens is 2. The van der Waals surface area contributed by atoms with Gasteiger partial charge in [0.15, 0.2) is 0 Å². The van der Waals surface area contributed by atoms with Gasteiger partial charge in [-0.05, 0) is 0 Å². The molecule has 0 aromatic heterocycles. The Morgan fingerprint density at radius 2 is 0.708 bits per heavy atom. The van der Waals surface area contributed by atoms with Crippen molar-refractivity contribution in [1.29, 1.82) is 0 Å². The monoisotopic (exact) mass is 984 g/mol. The van der Waals surface area contributed by atoms with Crippen LogP contribution in [0, 0.1) is 11.8 Å². The zero-order chi connectivity index (χ0) is 44.4. The molecular formula is C62H80Cl2Zr. The number of allylic oxidation sites excluding steroid dienone is 2. The predicted octanol–water partition coefficient (Wildman–Crippen LogP) is 12.5. The van der Waals surface area contributed by atoms with E-state index in [1.165, 1.54) is 122 Å². The molecule has 1 aliphatic heterocycles. The van der Waals surface area contributed by atoms with Crippen LogP contribution in [-0.2, 0) is 41.9 Å². The first-order valence-electron chi connectivity index (χ1n) is 25.8. The second-order valence-electron chi connectivity index (χ2n) is 25.8. The van der Waals surface area contributed by atoms with Gasteiger partial charge in [-0.3, -0.25) is 0 Å². The largest absolute Gasteiger partial charge is 1.00 e. The zero-order valence-electron chi connectivity index (χ0n) is 42.3. The molecular weight excluding hydrogens is 907 g/mol. The second kappa shape index (κ2) is 17.7. The van der Waals surface area contributed by atoms with Gasteiger partial charge in [0.25, 0.3) is 0 Å². The molecule has 1 saturated heterocycles. The molecule has 4 aromatic carbocycles. The fourth-order valence-electron chi connectivity index (χ4n) is 14.2. The van der Waals surface area contributed by atoms with E-state index in [2.05, 4.69) is 168 Å². The van der Waals surface area contributed by atoms with Crippen LogP contribution in [0.15, 0.2) is 83.9 Å². The summed E-state index contributed by atoms with van der Waals surface area (Å²) in [6.45, 7) is 28.8. The number of hydrogen-bond donors (Lipinski definition) is 0. The molecule has 0 N–H and O–H groups in total. The van der Waals surface area contributed by atoms with Crippen LogP contribution in [0.5, 0.6) is 0 Å². The third-order valence-corrected chi connectivity index (χ3v) is 34.6. The molecule has 65 heavy (non-hydrogen) atoms. The van der Waals surface area contributed by atoms with E-state index in [1.54, 1.807) is 22.3 Å².